The molecule has 1 unspecified atom stereocenters. The third-order valence-corrected chi connectivity index (χ3v) is 4.56. The zero-order valence-electron chi connectivity index (χ0n) is 6.44. The minimum absolute atomic E-state index is 0.777. The number of piperidine rings is 1. The first-order valence-corrected chi connectivity index (χ1v) is 5.14. The minimum atomic E-state index is 0.777. The lowest BCUT2D eigenvalue weighted by molar-refractivity contribution is 0.201. The monoisotopic (exact) mass is 251 g/mol. The molecule has 1 nitrogen and oxygen atoms in total. The van der Waals surface area contributed by atoms with Gasteiger partial charge in [0.1, 0.15) is 0 Å². The number of nitrogens with zero attached hydrogens (tertiary/aromatic N) is 1. The van der Waals surface area contributed by atoms with Gasteiger partial charge in [-0.15, -0.1) is 0 Å². The number of hydrogen-bond acceptors (Lipinski definition) is 1. The fourth-order valence-electron chi connectivity index (χ4n) is 2.11. The second-order valence-electron chi connectivity index (χ2n) is 3.77. The van der Waals surface area contributed by atoms with Crippen LogP contribution in [0.1, 0.15) is 32.6 Å². The summed E-state index contributed by atoms with van der Waals surface area (Å²) in [5, 5.41) is 0. The van der Waals surface area contributed by atoms with Gasteiger partial charge in [0.15, 0.2) is 0 Å². The minimum Gasteiger partial charge on any atom is -0.244 e. The Morgan fingerprint density at radius 2 is 2.10 bits per heavy atom. The van der Waals surface area contributed by atoms with E-state index in [1.165, 1.54) is 32.2 Å². The van der Waals surface area contributed by atoms with Crippen LogP contribution >= 0.6 is 22.9 Å². The summed E-state index contributed by atoms with van der Waals surface area (Å²) in [4.78, 5) is 0. The van der Waals surface area contributed by atoms with E-state index in [0.29, 0.717) is 0 Å². The number of halogens is 1. The maximum atomic E-state index is 2.49. The van der Waals surface area contributed by atoms with Gasteiger partial charge >= 0.3 is 0 Å². The molecule has 2 fully saturated rings. The molecular formula is C8H14IN. The van der Waals surface area contributed by atoms with Crippen molar-refractivity contribution in [3.8, 4) is 0 Å². The lowest BCUT2D eigenvalue weighted by atomic mass is 9.89. The van der Waals surface area contributed by atoms with Crippen molar-refractivity contribution >= 4 is 22.9 Å². The highest BCUT2D eigenvalue weighted by Gasteiger charge is 2.50. The summed E-state index contributed by atoms with van der Waals surface area (Å²) in [6.07, 6.45) is 5.91. The Balaban J connectivity index is 2.07. The van der Waals surface area contributed by atoms with Gasteiger partial charge in [-0.05, 0) is 38.0 Å². The number of hydrogen-bond donors (Lipinski definition) is 0. The largest absolute Gasteiger partial charge is 0.244 e. The SMILES string of the molecule is CC1N(I)CCCC12CC2. The van der Waals surface area contributed by atoms with E-state index in [1.807, 2.05) is 0 Å². The smallest absolute Gasteiger partial charge is 0.0222 e. The molecule has 0 bridgehead atoms. The van der Waals surface area contributed by atoms with Crippen molar-refractivity contribution in [2.24, 2.45) is 5.41 Å². The standard InChI is InChI=1S/C8H14IN/c1-7-8(4-5-8)3-2-6-10(7)9/h7H,2-6H2,1H3. The second-order valence-corrected chi connectivity index (χ2v) is 5.00. The molecule has 1 heterocycles. The molecule has 1 saturated heterocycles. The van der Waals surface area contributed by atoms with Gasteiger partial charge in [0.05, 0.1) is 0 Å². The van der Waals surface area contributed by atoms with Gasteiger partial charge in [-0.2, -0.15) is 0 Å². The normalized spacial score (nSPS) is 38.4. The molecule has 0 radical (unpaired) electrons. The van der Waals surface area contributed by atoms with Crippen LogP contribution in [0.4, 0.5) is 0 Å². The Morgan fingerprint density at radius 1 is 1.40 bits per heavy atom. The molecule has 2 rings (SSSR count). The molecule has 1 saturated carbocycles. The highest BCUT2D eigenvalue weighted by Crippen LogP contribution is 2.56. The van der Waals surface area contributed by atoms with Crippen LogP contribution in [0.25, 0.3) is 0 Å². The van der Waals surface area contributed by atoms with Crippen molar-refractivity contribution in [2.75, 3.05) is 6.54 Å². The Bertz CT molecular complexity index is 142. The molecule has 1 aliphatic heterocycles. The van der Waals surface area contributed by atoms with Crippen LogP contribution in [-0.2, 0) is 0 Å². The predicted octanol–water partition coefficient (Wildman–Crippen LogP) is 2.60. The van der Waals surface area contributed by atoms with Crippen molar-refractivity contribution < 1.29 is 0 Å². The van der Waals surface area contributed by atoms with E-state index in [1.54, 1.807) is 0 Å². The predicted molar refractivity (Wildman–Crippen MR) is 51.1 cm³/mol. The summed E-state index contributed by atoms with van der Waals surface area (Å²) in [5.41, 5.74) is 0.777. The molecule has 0 N–H and O–H groups in total. The molecule has 0 amide bonds. The number of rotatable bonds is 0. The first kappa shape index (κ1) is 7.35. The summed E-state index contributed by atoms with van der Waals surface area (Å²) in [5.74, 6) is 0. The highest BCUT2D eigenvalue weighted by atomic mass is 127. The maximum absolute atomic E-state index is 2.49. The Hall–Kier alpha value is 0.690. The van der Waals surface area contributed by atoms with Crippen LogP contribution in [0.2, 0.25) is 0 Å². The van der Waals surface area contributed by atoms with Crippen molar-refractivity contribution in [2.45, 2.75) is 38.6 Å². The zero-order valence-corrected chi connectivity index (χ0v) is 8.60. The van der Waals surface area contributed by atoms with Crippen molar-refractivity contribution in [3.05, 3.63) is 0 Å². The first-order chi connectivity index (χ1) is 4.75. The molecule has 58 valence electrons. The van der Waals surface area contributed by atoms with Gasteiger partial charge < -0.3 is 0 Å². The van der Waals surface area contributed by atoms with Crippen LogP contribution in [0.5, 0.6) is 0 Å². The molecule has 2 aliphatic rings. The Kier molecular flexibility index (Phi) is 1.72. The van der Waals surface area contributed by atoms with Crippen LogP contribution in [0.15, 0.2) is 0 Å². The van der Waals surface area contributed by atoms with Crippen molar-refractivity contribution in [1.29, 1.82) is 0 Å². The van der Waals surface area contributed by atoms with Gasteiger partial charge in [0.2, 0.25) is 0 Å². The van der Waals surface area contributed by atoms with Gasteiger partial charge in [-0.25, -0.2) is 3.11 Å². The quantitative estimate of drug-likeness (QED) is 0.472. The summed E-state index contributed by atoms with van der Waals surface area (Å²) in [6.45, 7) is 3.70. The van der Waals surface area contributed by atoms with Gasteiger partial charge in [0.25, 0.3) is 0 Å². The van der Waals surface area contributed by atoms with E-state index in [4.69, 9.17) is 0 Å². The maximum Gasteiger partial charge on any atom is 0.0222 e. The summed E-state index contributed by atoms with van der Waals surface area (Å²) < 4.78 is 2.49. The van der Waals surface area contributed by atoms with E-state index in [9.17, 15) is 0 Å². The highest BCUT2D eigenvalue weighted by molar-refractivity contribution is 14.1. The molecule has 1 atom stereocenters. The summed E-state index contributed by atoms with van der Waals surface area (Å²) in [7, 11) is 0. The topological polar surface area (TPSA) is 3.24 Å². The Labute approximate surface area is 76.7 Å². The van der Waals surface area contributed by atoms with E-state index in [-0.39, 0.29) is 0 Å². The fourth-order valence-corrected chi connectivity index (χ4v) is 3.04. The average molecular weight is 251 g/mol. The van der Waals surface area contributed by atoms with E-state index < -0.39 is 0 Å². The third-order valence-electron chi connectivity index (χ3n) is 3.25. The van der Waals surface area contributed by atoms with Gasteiger partial charge in [-0.3, -0.25) is 0 Å². The van der Waals surface area contributed by atoms with Crippen molar-refractivity contribution in [3.63, 3.8) is 0 Å². The molecule has 1 aliphatic carbocycles. The summed E-state index contributed by atoms with van der Waals surface area (Å²) >= 11 is 2.48. The zero-order chi connectivity index (χ0) is 7.19. The summed E-state index contributed by atoms with van der Waals surface area (Å²) in [6, 6.07) is 0.849. The Morgan fingerprint density at radius 3 is 2.60 bits per heavy atom. The van der Waals surface area contributed by atoms with Crippen LogP contribution < -0.4 is 0 Å². The molecule has 0 aromatic carbocycles. The van der Waals surface area contributed by atoms with Crippen LogP contribution in [-0.4, -0.2) is 15.7 Å². The second kappa shape index (κ2) is 2.34. The average Bonchev–Trinajstić information content (AvgIpc) is 2.65. The van der Waals surface area contributed by atoms with Gasteiger partial charge in [-0.1, -0.05) is 0 Å². The van der Waals surface area contributed by atoms with Gasteiger partial charge in [0, 0.05) is 35.5 Å². The van der Waals surface area contributed by atoms with Crippen LogP contribution in [0, 0.1) is 5.41 Å². The van der Waals surface area contributed by atoms with E-state index in [2.05, 4.69) is 32.9 Å². The fraction of sp³-hybridized carbons (Fsp3) is 1.00. The molecule has 10 heavy (non-hydrogen) atoms. The molecule has 0 aromatic heterocycles. The molecule has 0 aromatic rings. The molecular weight excluding hydrogens is 237 g/mol. The van der Waals surface area contributed by atoms with E-state index >= 15 is 0 Å². The van der Waals surface area contributed by atoms with E-state index in [0.717, 1.165) is 11.5 Å². The molecule has 2 heteroatoms. The third kappa shape index (κ3) is 0.998. The lowest BCUT2D eigenvalue weighted by Gasteiger charge is -2.35. The first-order valence-electron chi connectivity index (χ1n) is 4.17. The van der Waals surface area contributed by atoms with Crippen LogP contribution in [0.3, 0.4) is 0 Å². The molecule has 1 spiro atoms. The lowest BCUT2D eigenvalue weighted by Crippen LogP contribution is -2.38. The van der Waals surface area contributed by atoms with Crippen molar-refractivity contribution in [1.82, 2.24) is 3.11 Å².